The summed E-state index contributed by atoms with van der Waals surface area (Å²) in [4.78, 5) is 9.50. The van der Waals surface area contributed by atoms with Crippen LogP contribution in [0, 0.1) is 6.92 Å². The highest BCUT2D eigenvalue weighted by molar-refractivity contribution is 5.57. The van der Waals surface area contributed by atoms with Crippen LogP contribution in [0.25, 0.3) is 0 Å². The predicted molar refractivity (Wildman–Crippen MR) is 108 cm³/mol. The summed E-state index contributed by atoms with van der Waals surface area (Å²) in [5, 5.41) is 7.19. The number of aromatic nitrogens is 2. The minimum atomic E-state index is 0.312. The Morgan fingerprint density at radius 1 is 0.962 bits per heavy atom. The molecule has 0 amide bonds. The fraction of sp³-hybridized carbons (Fsp3) is 0.545. The zero-order valence-corrected chi connectivity index (χ0v) is 15.8. The second kappa shape index (κ2) is 8.07. The van der Waals surface area contributed by atoms with Crippen LogP contribution in [0.15, 0.2) is 30.3 Å². The number of nitrogens with one attached hydrogen (secondary N) is 2. The van der Waals surface area contributed by atoms with Gasteiger partial charge in [-0.05, 0) is 37.8 Å². The van der Waals surface area contributed by atoms with Crippen LogP contribution < -0.4 is 10.6 Å². The molecule has 1 unspecified atom stereocenters. The molecule has 0 bridgehead atoms. The summed E-state index contributed by atoms with van der Waals surface area (Å²) in [5.74, 6) is 2.46. The van der Waals surface area contributed by atoms with E-state index in [0.717, 1.165) is 24.6 Å². The van der Waals surface area contributed by atoms with Crippen molar-refractivity contribution in [2.45, 2.75) is 70.3 Å². The molecule has 138 valence electrons. The van der Waals surface area contributed by atoms with Crippen molar-refractivity contribution in [2.24, 2.45) is 0 Å². The van der Waals surface area contributed by atoms with Gasteiger partial charge in [0.25, 0.3) is 0 Å². The first-order valence-corrected chi connectivity index (χ1v) is 10.2. The van der Waals surface area contributed by atoms with Gasteiger partial charge in [-0.2, -0.15) is 0 Å². The van der Waals surface area contributed by atoms with Gasteiger partial charge >= 0.3 is 0 Å². The first-order valence-electron chi connectivity index (χ1n) is 10.2. The Labute approximate surface area is 156 Å². The van der Waals surface area contributed by atoms with E-state index >= 15 is 0 Å². The number of hydrogen-bond donors (Lipinski definition) is 2. The molecule has 1 aliphatic heterocycles. The molecule has 1 atom stereocenters. The largest absolute Gasteiger partial charge is 0.385 e. The zero-order valence-electron chi connectivity index (χ0n) is 15.8. The lowest BCUT2D eigenvalue weighted by Crippen LogP contribution is -2.23. The van der Waals surface area contributed by atoms with Crippen molar-refractivity contribution in [3.05, 3.63) is 47.4 Å². The molecule has 4 rings (SSSR count). The van der Waals surface area contributed by atoms with Gasteiger partial charge in [0.1, 0.15) is 11.6 Å². The number of rotatable bonds is 3. The number of nitrogens with zero attached hydrogens (tertiary/aromatic N) is 2. The van der Waals surface area contributed by atoms with Crippen LogP contribution in [-0.4, -0.2) is 16.5 Å². The molecule has 4 nitrogen and oxygen atoms in total. The number of anilines is 2. The average molecular weight is 351 g/mol. The zero-order chi connectivity index (χ0) is 17.8. The molecule has 4 heteroatoms. The monoisotopic (exact) mass is 350 g/mol. The van der Waals surface area contributed by atoms with Crippen LogP contribution >= 0.6 is 0 Å². The van der Waals surface area contributed by atoms with Crippen LogP contribution in [0.3, 0.4) is 0 Å². The summed E-state index contributed by atoms with van der Waals surface area (Å²) in [7, 11) is 0. The van der Waals surface area contributed by atoms with Crippen molar-refractivity contribution in [2.75, 3.05) is 17.2 Å². The Hall–Kier alpha value is -2.10. The van der Waals surface area contributed by atoms with Gasteiger partial charge in [-0.25, -0.2) is 9.97 Å². The summed E-state index contributed by atoms with van der Waals surface area (Å²) in [6.07, 6.45) is 10.4. The SMILES string of the molecule is Cc1nc(NC2CCNc3ccccc32)cc(C2CCCCCCC2)n1. The molecular weight excluding hydrogens is 320 g/mol. The molecule has 1 aliphatic carbocycles. The van der Waals surface area contributed by atoms with Crippen LogP contribution in [0.4, 0.5) is 11.5 Å². The molecule has 1 fully saturated rings. The van der Waals surface area contributed by atoms with Crippen molar-refractivity contribution < 1.29 is 0 Å². The van der Waals surface area contributed by atoms with Gasteiger partial charge in [-0.15, -0.1) is 0 Å². The van der Waals surface area contributed by atoms with Crippen molar-refractivity contribution >= 4 is 11.5 Å². The van der Waals surface area contributed by atoms with E-state index in [1.54, 1.807) is 0 Å². The van der Waals surface area contributed by atoms with Gasteiger partial charge in [0.15, 0.2) is 0 Å². The maximum Gasteiger partial charge on any atom is 0.130 e. The molecule has 1 saturated carbocycles. The lowest BCUT2D eigenvalue weighted by Gasteiger charge is -2.28. The van der Waals surface area contributed by atoms with Crippen LogP contribution in [0.5, 0.6) is 0 Å². The van der Waals surface area contributed by atoms with Gasteiger partial charge < -0.3 is 10.6 Å². The molecule has 2 N–H and O–H groups in total. The maximum absolute atomic E-state index is 4.80. The summed E-state index contributed by atoms with van der Waals surface area (Å²) in [6.45, 7) is 3.02. The predicted octanol–water partition coefficient (Wildman–Crippen LogP) is 5.58. The smallest absolute Gasteiger partial charge is 0.130 e. The molecule has 2 heterocycles. The number of fused-ring (bicyclic) bond motifs is 1. The average Bonchev–Trinajstić information content (AvgIpc) is 2.61. The fourth-order valence-corrected chi connectivity index (χ4v) is 4.42. The summed E-state index contributed by atoms with van der Waals surface area (Å²) in [5.41, 5.74) is 3.81. The van der Waals surface area contributed by atoms with Gasteiger partial charge in [0, 0.05) is 29.9 Å². The lowest BCUT2D eigenvalue weighted by atomic mass is 9.88. The van der Waals surface area contributed by atoms with Crippen molar-refractivity contribution in [1.29, 1.82) is 0 Å². The van der Waals surface area contributed by atoms with Crippen molar-refractivity contribution in [3.63, 3.8) is 0 Å². The number of aryl methyl sites for hydroxylation is 1. The summed E-state index contributed by atoms with van der Waals surface area (Å²) >= 11 is 0. The third-order valence-electron chi connectivity index (χ3n) is 5.79. The molecule has 0 spiro atoms. The molecule has 0 radical (unpaired) electrons. The Balaban J connectivity index is 1.55. The summed E-state index contributed by atoms with van der Waals surface area (Å²) in [6, 6.07) is 11.1. The molecule has 26 heavy (non-hydrogen) atoms. The second-order valence-electron chi connectivity index (χ2n) is 7.77. The molecule has 2 aromatic rings. The van der Waals surface area contributed by atoms with E-state index in [1.807, 2.05) is 6.92 Å². The molecule has 1 aromatic heterocycles. The third-order valence-corrected chi connectivity index (χ3v) is 5.79. The Morgan fingerprint density at radius 3 is 2.58 bits per heavy atom. The summed E-state index contributed by atoms with van der Waals surface area (Å²) < 4.78 is 0. The van der Waals surface area contributed by atoms with E-state index in [2.05, 4.69) is 41.0 Å². The first-order chi connectivity index (χ1) is 12.8. The Kier molecular flexibility index (Phi) is 5.37. The minimum absolute atomic E-state index is 0.312. The third kappa shape index (κ3) is 4.00. The van der Waals surface area contributed by atoms with Crippen LogP contribution in [-0.2, 0) is 0 Å². The van der Waals surface area contributed by atoms with Gasteiger partial charge in [-0.3, -0.25) is 0 Å². The topological polar surface area (TPSA) is 49.8 Å². The first kappa shape index (κ1) is 17.3. The van der Waals surface area contributed by atoms with E-state index in [-0.39, 0.29) is 0 Å². The molecule has 1 aromatic carbocycles. The number of para-hydroxylation sites is 1. The van der Waals surface area contributed by atoms with E-state index in [1.165, 1.54) is 61.9 Å². The van der Waals surface area contributed by atoms with E-state index < -0.39 is 0 Å². The van der Waals surface area contributed by atoms with E-state index in [9.17, 15) is 0 Å². The highest BCUT2D eigenvalue weighted by Crippen LogP contribution is 2.34. The van der Waals surface area contributed by atoms with Gasteiger partial charge in [0.05, 0.1) is 6.04 Å². The number of benzene rings is 1. The molecule has 2 aliphatic rings. The number of hydrogen-bond acceptors (Lipinski definition) is 4. The highest BCUT2D eigenvalue weighted by Gasteiger charge is 2.21. The van der Waals surface area contributed by atoms with E-state index in [4.69, 9.17) is 9.97 Å². The Morgan fingerprint density at radius 2 is 1.73 bits per heavy atom. The fourth-order valence-electron chi connectivity index (χ4n) is 4.42. The van der Waals surface area contributed by atoms with Crippen molar-refractivity contribution in [3.8, 4) is 0 Å². The van der Waals surface area contributed by atoms with Crippen molar-refractivity contribution in [1.82, 2.24) is 9.97 Å². The maximum atomic E-state index is 4.80. The van der Waals surface area contributed by atoms with Crippen LogP contribution in [0.1, 0.15) is 80.4 Å². The normalized spacial score (nSPS) is 21.2. The molecule has 0 saturated heterocycles. The van der Waals surface area contributed by atoms with E-state index in [0.29, 0.717) is 12.0 Å². The van der Waals surface area contributed by atoms with Crippen LogP contribution in [0.2, 0.25) is 0 Å². The minimum Gasteiger partial charge on any atom is -0.385 e. The standard InChI is InChI=1S/C22H30N4/c1-16-24-21(17-9-5-3-2-4-6-10-17)15-22(25-16)26-20-13-14-23-19-12-8-7-11-18(19)20/h7-8,11-12,15,17,20,23H,2-6,9-10,13-14H2,1H3,(H,24,25,26). The quantitative estimate of drug-likeness (QED) is 0.758. The molecular formula is C22H30N4. The lowest BCUT2D eigenvalue weighted by molar-refractivity contribution is 0.448. The Bertz CT molecular complexity index is 735. The second-order valence-corrected chi connectivity index (χ2v) is 7.77. The van der Waals surface area contributed by atoms with Gasteiger partial charge in [0.2, 0.25) is 0 Å². The highest BCUT2D eigenvalue weighted by atomic mass is 15.1. The van der Waals surface area contributed by atoms with Gasteiger partial charge in [-0.1, -0.05) is 50.3 Å².